The van der Waals surface area contributed by atoms with Crippen LogP contribution in [0.3, 0.4) is 0 Å². The van der Waals surface area contributed by atoms with Gasteiger partial charge in [0.1, 0.15) is 0 Å². The number of anilines is 2. The smallest absolute Gasteiger partial charge is 0.407 e. The first-order chi connectivity index (χ1) is 17.9. The number of carbonyl (C=O) groups excluding carboxylic acids is 2. The van der Waals surface area contributed by atoms with Gasteiger partial charge in [-0.3, -0.25) is 14.5 Å². The number of hydrogen-bond acceptors (Lipinski definition) is 8. The second-order valence-corrected chi connectivity index (χ2v) is 9.34. The van der Waals surface area contributed by atoms with Crippen LogP contribution < -0.4 is 16.0 Å². The molecule has 0 unspecified atom stereocenters. The minimum atomic E-state index is -0.436. The molecule has 1 saturated carbocycles. The van der Waals surface area contributed by atoms with Crippen molar-refractivity contribution >= 4 is 40.6 Å². The molecule has 0 bridgehead atoms. The van der Waals surface area contributed by atoms with Gasteiger partial charge in [-0.2, -0.15) is 10.2 Å². The number of aromatic nitrogens is 6. The molecule has 5 rings (SSSR count). The van der Waals surface area contributed by atoms with Crippen LogP contribution in [0.1, 0.15) is 36.0 Å². The zero-order chi connectivity index (χ0) is 25.9. The number of aryl methyl sites for hydroxylation is 1. The molecule has 1 fully saturated rings. The van der Waals surface area contributed by atoms with E-state index < -0.39 is 6.09 Å². The monoisotopic (exact) mass is 523 g/mol. The summed E-state index contributed by atoms with van der Waals surface area (Å²) in [5, 5.41) is 18.2. The number of rotatable bonds is 6. The van der Waals surface area contributed by atoms with E-state index in [-0.39, 0.29) is 18.0 Å². The van der Waals surface area contributed by atoms with Gasteiger partial charge in [-0.05, 0) is 31.7 Å². The maximum Gasteiger partial charge on any atom is 0.407 e. The molecule has 3 N–H and O–H groups in total. The summed E-state index contributed by atoms with van der Waals surface area (Å²) in [4.78, 5) is 33.8. The Bertz CT molecular complexity index is 1440. The van der Waals surface area contributed by atoms with E-state index in [9.17, 15) is 9.59 Å². The molecule has 0 spiro atoms. The van der Waals surface area contributed by atoms with Crippen molar-refractivity contribution in [3.05, 3.63) is 53.8 Å². The van der Waals surface area contributed by atoms with Gasteiger partial charge in [0.05, 0.1) is 58.9 Å². The van der Waals surface area contributed by atoms with Crippen LogP contribution in [0.25, 0.3) is 16.9 Å². The number of hydrogen-bond donors (Lipinski definition) is 3. The molecule has 2 amide bonds. The second-order valence-electron chi connectivity index (χ2n) is 8.90. The third kappa shape index (κ3) is 5.48. The molecular formula is C24H26ClN9O3. The molecule has 1 aliphatic carbocycles. The van der Waals surface area contributed by atoms with Crippen LogP contribution in [0.5, 0.6) is 0 Å². The number of fused-ring (bicyclic) bond motifs is 1. The van der Waals surface area contributed by atoms with Crippen LogP contribution in [0.2, 0.25) is 5.02 Å². The van der Waals surface area contributed by atoms with E-state index in [1.54, 1.807) is 46.2 Å². The molecule has 37 heavy (non-hydrogen) atoms. The van der Waals surface area contributed by atoms with Crippen LogP contribution in [0.15, 0.2) is 43.2 Å². The van der Waals surface area contributed by atoms with Gasteiger partial charge in [0.2, 0.25) is 0 Å². The third-order valence-electron chi connectivity index (χ3n) is 6.30. The highest BCUT2D eigenvalue weighted by molar-refractivity contribution is 6.30. The molecule has 12 nitrogen and oxygen atoms in total. The van der Waals surface area contributed by atoms with Crippen LogP contribution in [-0.2, 0) is 11.8 Å². The molecule has 0 atom stereocenters. The lowest BCUT2D eigenvalue weighted by atomic mass is 9.91. The molecule has 1 aliphatic rings. The zero-order valence-corrected chi connectivity index (χ0v) is 21.1. The molecule has 0 saturated heterocycles. The fourth-order valence-electron chi connectivity index (χ4n) is 4.43. The number of ether oxygens (including phenoxy) is 1. The number of alkyl carbamates (subject to hydrolysis) is 1. The molecule has 4 aromatic heterocycles. The molecule has 13 heteroatoms. The Hall–Kier alpha value is -4.19. The van der Waals surface area contributed by atoms with Gasteiger partial charge in [0, 0.05) is 37.7 Å². The molecule has 4 aromatic rings. The van der Waals surface area contributed by atoms with E-state index in [0.29, 0.717) is 33.2 Å². The molecule has 192 valence electrons. The number of methoxy groups -OCH3 is 1. The summed E-state index contributed by atoms with van der Waals surface area (Å²) < 4.78 is 7.93. The molecular weight excluding hydrogens is 498 g/mol. The van der Waals surface area contributed by atoms with Gasteiger partial charge in [-0.15, -0.1) is 0 Å². The van der Waals surface area contributed by atoms with Crippen LogP contribution in [0.4, 0.5) is 16.2 Å². The number of carbonyl (C=O) groups is 2. The fraction of sp³-hybridized carbons (Fsp3) is 0.333. The average Bonchev–Trinajstić information content (AvgIpc) is 3.50. The predicted octanol–water partition coefficient (Wildman–Crippen LogP) is 3.32. The summed E-state index contributed by atoms with van der Waals surface area (Å²) >= 11 is 6.04. The van der Waals surface area contributed by atoms with E-state index in [1.165, 1.54) is 7.11 Å². The van der Waals surface area contributed by atoms with Gasteiger partial charge < -0.3 is 20.7 Å². The van der Waals surface area contributed by atoms with Gasteiger partial charge in [0.15, 0.2) is 5.65 Å². The van der Waals surface area contributed by atoms with Crippen molar-refractivity contribution in [3.8, 4) is 11.3 Å². The second kappa shape index (κ2) is 10.4. The Morgan fingerprint density at radius 1 is 1.00 bits per heavy atom. The van der Waals surface area contributed by atoms with Crippen molar-refractivity contribution in [2.24, 2.45) is 7.05 Å². The largest absolute Gasteiger partial charge is 0.453 e. The van der Waals surface area contributed by atoms with Crippen molar-refractivity contribution < 1.29 is 14.3 Å². The summed E-state index contributed by atoms with van der Waals surface area (Å²) in [6, 6.07) is 1.83. The average molecular weight is 524 g/mol. The Morgan fingerprint density at radius 2 is 1.76 bits per heavy atom. The van der Waals surface area contributed by atoms with Crippen molar-refractivity contribution in [1.82, 2.24) is 40.0 Å². The minimum absolute atomic E-state index is 0.0114. The van der Waals surface area contributed by atoms with Gasteiger partial charge in [-0.25, -0.2) is 14.3 Å². The number of nitrogens with one attached hydrogen (secondary N) is 3. The highest BCUT2D eigenvalue weighted by Crippen LogP contribution is 2.29. The quantitative estimate of drug-likeness (QED) is 0.349. The van der Waals surface area contributed by atoms with Crippen molar-refractivity contribution in [2.75, 3.05) is 12.4 Å². The first kappa shape index (κ1) is 24.5. The van der Waals surface area contributed by atoms with Gasteiger partial charge in [-0.1, -0.05) is 11.6 Å². The number of amides is 2. The lowest BCUT2D eigenvalue weighted by Crippen LogP contribution is -2.43. The molecule has 4 heterocycles. The Balaban J connectivity index is 1.38. The lowest BCUT2D eigenvalue weighted by molar-refractivity contribution is 0.0923. The van der Waals surface area contributed by atoms with E-state index in [1.807, 2.05) is 13.2 Å². The summed E-state index contributed by atoms with van der Waals surface area (Å²) in [6.45, 7) is 0. The van der Waals surface area contributed by atoms with E-state index in [4.69, 9.17) is 11.6 Å². The summed E-state index contributed by atoms with van der Waals surface area (Å²) in [5.74, 6) is -0.236. The number of halogens is 1. The summed E-state index contributed by atoms with van der Waals surface area (Å²) in [7, 11) is 3.16. The van der Waals surface area contributed by atoms with Gasteiger partial charge >= 0.3 is 6.09 Å². The van der Waals surface area contributed by atoms with E-state index in [0.717, 1.165) is 31.4 Å². The zero-order valence-electron chi connectivity index (χ0n) is 20.3. The van der Waals surface area contributed by atoms with Crippen LogP contribution in [0, 0.1) is 0 Å². The highest BCUT2D eigenvalue weighted by Gasteiger charge is 2.25. The normalized spacial score (nSPS) is 17.4. The first-order valence-corrected chi connectivity index (χ1v) is 12.2. The number of pyridine rings is 1. The van der Waals surface area contributed by atoms with Crippen LogP contribution >= 0.6 is 11.6 Å². The minimum Gasteiger partial charge on any atom is -0.453 e. The summed E-state index contributed by atoms with van der Waals surface area (Å²) in [6.07, 6.45) is 12.5. The lowest BCUT2D eigenvalue weighted by Gasteiger charge is -2.29. The number of nitrogens with zero attached hydrogens (tertiary/aromatic N) is 6. The topological polar surface area (TPSA) is 140 Å². The molecule has 0 aromatic carbocycles. The Kier molecular flexibility index (Phi) is 6.91. The maximum absolute atomic E-state index is 13.3. The fourth-order valence-corrected chi connectivity index (χ4v) is 4.57. The Morgan fingerprint density at radius 3 is 2.46 bits per heavy atom. The predicted molar refractivity (Wildman–Crippen MR) is 137 cm³/mol. The van der Waals surface area contributed by atoms with E-state index >= 15 is 0 Å². The van der Waals surface area contributed by atoms with Crippen molar-refractivity contribution in [2.45, 2.75) is 37.8 Å². The molecule has 0 radical (unpaired) electrons. The first-order valence-electron chi connectivity index (χ1n) is 11.8. The molecule has 0 aliphatic heterocycles. The summed E-state index contributed by atoms with van der Waals surface area (Å²) in [5.41, 5.74) is 3.60. The third-order valence-corrected chi connectivity index (χ3v) is 6.50. The van der Waals surface area contributed by atoms with Crippen molar-refractivity contribution in [1.29, 1.82) is 0 Å². The van der Waals surface area contributed by atoms with Crippen molar-refractivity contribution in [3.63, 3.8) is 0 Å². The Labute approximate surface area is 217 Å². The SMILES string of the molecule is COC(=O)NC1CCC(NC(=O)c2cnc(-c3cnn4cc(Cl)cnc34)cc2Nc2cnn(C)c2)CC1. The van der Waals surface area contributed by atoms with E-state index in [2.05, 4.69) is 40.9 Å². The van der Waals surface area contributed by atoms with Gasteiger partial charge in [0.25, 0.3) is 5.91 Å². The maximum atomic E-state index is 13.3. The van der Waals surface area contributed by atoms with Crippen LogP contribution in [-0.4, -0.2) is 60.6 Å². The highest BCUT2D eigenvalue weighted by atomic mass is 35.5. The standard InChI is InChI=1S/C24H26ClN9O3/c1-33-13-17(9-28-33)30-21-7-20(18-11-29-34-12-14(25)8-27-22(18)34)26-10-19(21)23(35)31-15-3-5-16(6-4-15)32-24(36)37-2/h7-13,15-16H,3-6H2,1-2H3,(H,26,30)(H,31,35)(H,32,36).